The van der Waals surface area contributed by atoms with E-state index in [-0.39, 0.29) is 12.1 Å². The fourth-order valence-electron chi connectivity index (χ4n) is 2.67. The van der Waals surface area contributed by atoms with Crippen LogP contribution >= 0.6 is 0 Å². The van der Waals surface area contributed by atoms with Crippen molar-refractivity contribution in [3.8, 4) is 0 Å². The Hall–Kier alpha value is -2.18. The van der Waals surface area contributed by atoms with Crippen LogP contribution in [0.3, 0.4) is 0 Å². The molecule has 116 valence electrons. The summed E-state index contributed by atoms with van der Waals surface area (Å²) in [5.74, 6) is 1.13. The van der Waals surface area contributed by atoms with E-state index in [4.69, 9.17) is 10.5 Å². The molecule has 1 atom stereocenters. The molecule has 0 radical (unpaired) electrons. The lowest BCUT2D eigenvalue weighted by Gasteiger charge is -2.40. The lowest BCUT2D eigenvalue weighted by atomic mass is 10.1. The maximum Gasteiger partial charge on any atom is 0.222 e. The van der Waals surface area contributed by atoms with Gasteiger partial charge in [-0.15, -0.1) is 0 Å². The van der Waals surface area contributed by atoms with Gasteiger partial charge in [0.2, 0.25) is 5.95 Å². The van der Waals surface area contributed by atoms with Crippen LogP contribution in [-0.2, 0) is 4.74 Å². The van der Waals surface area contributed by atoms with E-state index in [2.05, 4.69) is 20.2 Å². The van der Waals surface area contributed by atoms with Gasteiger partial charge in [0.25, 0.3) is 0 Å². The van der Waals surface area contributed by atoms with Crippen molar-refractivity contribution < 1.29 is 4.74 Å². The summed E-state index contributed by atoms with van der Waals surface area (Å²) in [5.41, 5.74) is 7.72. The minimum Gasteiger partial charge on any atom is -0.370 e. The smallest absolute Gasteiger partial charge is 0.222 e. The van der Waals surface area contributed by atoms with Gasteiger partial charge in [0.05, 0.1) is 5.69 Å². The number of nitrogens with two attached hydrogens (primary N) is 1. The third-order valence-electron chi connectivity index (χ3n) is 3.97. The summed E-state index contributed by atoms with van der Waals surface area (Å²) in [6.07, 6.45) is -0.244. The number of likely N-dealkylation sites (N-methyl/N-ethyl adjacent to an activating group) is 1. The molecule has 0 saturated carbocycles. The van der Waals surface area contributed by atoms with Gasteiger partial charge in [-0.25, -0.2) is 4.98 Å². The van der Waals surface area contributed by atoms with E-state index in [1.54, 1.807) is 7.11 Å². The average Bonchev–Trinajstić information content (AvgIpc) is 2.48. The Balaban J connectivity index is 1.88. The highest BCUT2D eigenvalue weighted by molar-refractivity contribution is 5.48. The number of methoxy groups -OCH3 is 1. The van der Waals surface area contributed by atoms with Crippen LogP contribution in [0.4, 0.5) is 11.8 Å². The van der Waals surface area contributed by atoms with E-state index >= 15 is 0 Å². The Morgan fingerprint density at radius 3 is 2.64 bits per heavy atom. The van der Waals surface area contributed by atoms with E-state index in [0.29, 0.717) is 6.04 Å². The maximum absolute atomic E-state index is 5.89. The molecule has 1 aliphatic heterocycles. The summed E-state index contributed by atoms with van der Waals surface area (Å²) in [4.78, 5) is 10.9. The standard InChI is InChI=1S/C16H21N5O/c1-18-12-9-21(10-12)14-8-13(19-16(17)20-14)15(22-2)11-6-4-3-5-7-11/h3-8,12,15,18H,9-10H2,1-2H3,(H2,17,19,20)/t15-/m1/s1. The number of benzene rings is 1. The monoisotopic (exact) mass is 299 g/mol. The minimum absolute atomic E-state index is 0.244. The molecule has 2 aromatic rings. The second kappa shape index (κ2) is 6.29. The van der Waals surface area contributed by atoms with E-state index in [9.17, 15) is 0 Å². The Labute approximate surface area is 130 Å². The van der Waals surface area contributed by atoms with Gasteiger partial charge in [0, 0.05) is 32.3 Å². The third-order valence-corrected chi connectivity index (χ3v) is 3.97. The van der Waals surface area contributed by atoms with Gasteiger partial charge in [-0.1, -0.05) is 30.3 Å². The van der Waals surface area contributed by atoms with Crippen LogP contribution in [0.5, 0.6) is 0 Å². The first kappa shape index (κ1) is 14.7. The molecular weight excluding hydrogens is 278 g/mol. The zero-order chi connectivity index (χ0) is 15.5. The first-order valence-electron chi connectivity index (χ1n) is 7.35. The topological polar surface area (TPSA) is 76.3 Å². The molecule has 2 heterocycles. The number of hydrogen-bond donors (Lipinski definition) is 2. The van der Waals surface area contributed by atoms with Crippen LogP contribution in [0.15, 0.2) is 36.4 Å². The van der Waals surface area contributed by atoms with Crippen LogP contribution in [0.1, 0.15) is 17.4 Å². The van der Waals surface area contributed by atoms with Gasteiger partial charge in [-0.2, -0.15) is 4.98 Å². The predicted molar refractivity (Wildman–Crippen MR) is 86.8 cm³/mol. The third kappa shape index (κ3) is 2.88. The molecular formula is C16H21N5O. The van der Waals surface area contributed by atoms with Crippen molar-refractivity contribution in [1.82, 2.24) is 15.3 Å². The molecule has 1 aliphatic rings. The van der Waals surface area contributed by atoms with Gasteiger partial charge in [-0.3, -0.25) is 0 Å². The molecule has 0 unspecified atom stereocenters. The van der Waals surface area contributed by atoms with Gasteiger partial charge in [0.1, 0.15) is 11.9 Å². The number of anilines is 2. The SMILES string of the molecule is CNC1CN(c2cc([C@H](OC)c3ccccc3)nc(N)n2)C1. The molecule has 0 spiro atoms. The summed E-state index contributed by atoms with van der Waals surface area (Å²) < 4.78 is 5.63. The molecule has 1 aromatic heterocycles. The summed E-state index contributed by atoms with van der Waals surface area (Å²) in [6, 6.07) is 12.5. The summed E-state index contributed by atoms with van der Waals surface area (Å²) in [6.45, 7) is 1.85. The summed E-state index contributed by atoms with van der Waals surface area (Å²) in [5, 5.41) is 3.25. The van der Waals surface area contributed by atoms with E-state index < -0.39 is 0 Å². The van der Waals surface area contributed by atoms with E-state index in [1.165, 1.54) is 0 Å². The summed E-state index contributed by atoms with van der Waals surface area (Å²) in [7, 11) is 3.65. The van der Waals surface area contributed by atoms with Gasteiger partial charge in [0.15, 0.2) is 0 Å². The number of nitrogen functional groups attached to an aromatic ring is 1. The lowest BCUT2D eigenvalue weighted by molar-refractivity contribution is 0.133. The van der Waals surface area contributed by atoms with Gasteiger partial charge >= 0.3 is 0 Å². The molecule has 22 heavy (non-hydrogen) atoms. The molecule has 1 aromatic carbocycles. The number of aromatic nitrogens is 2. The molecule has 0 amide bonds. The quantitative estimate of drug-likeness (QED) is 0.864. The van der Waals surface area contributed by atoms with Crippen LogP contribution in [0.2, 0.25) is 0 Å². The minimum atomic E-state index is -0.244. The zero-order valence-corrected chi connectivity index (χ0v) is 12.9. The van der Waals surface area contributed by atoms with Gasteiger partial charge in [-0.05, 0) is 12.6 Å². The fourth-order valence-corrected chi connectivity index (χ4v) is 2.67. The highest BCUT2D eigenvalue weighted by Crippen LogP contribution is 2.28. The first-order valence-corrected chi connectivity index (χ1v) is 7.35. The predicted octanol–water partition coefficient (Wildman–Crippen LogP) is 1.20. The largest absolute Gasteiger partial charge is 0.370 e. The molecule has 0 bridgehead atoms. The average molecular weight is 299 g/mol. The van der Waals surface area contributed by atoms with Crippen LogP contribution in [-0.4, -0.2) is 43.3 Å². The number of nitrogens with zero attached hydrogens (tertiary/aromatic N) is 3. The van der Waals surface area contributed by atoms with Gasteiger partial charge < -0.3 is 20.7 Å². The molecule has 1 saturated heterocycles. The first-order chi connectivity index (χ1) is 10.7. The number of hydrogen-bond acceptors (Lipinski definition) is 6. The van der Waals surface area contributed by atoms with Crippen LogP contribution in [0.25, 0.3) is 0 Å². The van der Waals surface area contributed by atoms with Crippen molar-refractivity contribution in [3.05, 3.63) is 47.7 Å². The fraction of sp³-hybridized carbons (Fsp3) is 0.375. The van der Waals surface area contributed by atoms with Crippen molar-refractivity contribution in [2.75, 3.05) is 37.9 Å². The molecule has 3 N–H and O–H groups in total. The number of ether oxygens (including phenoxy) is 1. The molecule has 6 heteroatoms. The Morgan fingerprint density at radius 2 is 2.00 bits per heavy atom. The van der Waals surface area contributed by atoms with Crippen molar-refractivity contribution in [1.29, 1.82) is 0 Å². The van der Waals surface area contributed by atoms with Crippen molar-refractivity contribution in [3.63, 3.8) is 0 Å². The second-order valence-corrected chi connectivity index (χ2v) is 5.43. The highest BCUT2D eigenvalue weighted by atomic mass is 16.5. The molecule has 0 aliphatic carbocycles. The molecule has 3 rings (SSSR count). The highest BCUT2D eigenvalue weighted by Gasteiger charge is 2.27. The van der Waals surface area contributed by atoms with Crippen molar-refractivity contribution in [2.24, 2.45) is 0 Å². The molecule has 1 fully saturated rings. The van der Waals surface area contributed by atoms with Crippen molar-refractivity contribution >= 4 is 11.8 Å². The van der Waals surface area contributed by atoms with E-state index in [1.807, 2.05) is 43.4 Å². The number of nitrogens with one attached hydrogen (secondary N) is 1. The van der Waals surface area contributed by atoms with Crippen molar-refractivity contribution in [2.45, 2.75) is 12.1 Å². The van der Waals surface area contributed by atoms with Crippen LogP contribution in [0, 0.1) is 0 Å². The lowest BCUT2D eigenvalue weighted by Crippen LogP contribution is -2.57. The maximum atomic E-state index is 5.89. The Bertz CT molecular complexity index is 628. The molecule has 6 nitrogen and oxygen atoms in total. The van der Waals surface area contributed by atoms with E-state index in [0.717, 1.165) is 30.2 Å². The zero-order valence-electron chi connectivity index (χ0n) is 12.9. The Kier molecular flexibility index (Phi) is 4.22. The number of rotatable bonds is 5. The second-order valence-electron chi connectivity index (χ2n) is 5.43. The Morgan fingerprint density at radius 1 is 1.27 bits per heavy atom. The van der Waals surface area contributed by atoms with Crippen LogP contribution < -0.4 is 16.0 Å². The normalized spacial score (nSPS) is 16.4. The summed E-state index contributed by atoms with van der Waals surface area (Å²) >= 11 is 0.